The summed E-state index contributed by atoms with van der Waals surface area (Å²) in [6, 6.07) is 6.72. The normalized spacial score (nSPS) is 18.8. The van der Waals surface area contributed by atoms with Crippen molar-refractivity contribution in [1.29, 1.82) is 0 Å². The van der Waals surface area contributed by atoms with Crippen molar-refractivity contribution in [2.45, 2.75) is 38.1 Å². The van der Waals surface area contributed by atoms with Gasteiger partial charge in [-0.3, -0.25) is 15.0 Å². The maximum absolute atomic E-state index is 11.3. The van der Waals surface area contributed by atoms with Crippen LogP contribution in [0.2, 0.25) is 0 Å². The van der Waals surface area contributed by atoms with E-state index >= 15 is 0 Å². The van der Waals surface area contributed by atoms with Gasteiger partial charge in [0.2, 0.25) is 5.88 Å². The Morgan fingerprint density at radius 1 is 1.16 bits per heavy atom. The molecule has 2 aliphatic heterocycles. The lowest BCUT2D eigenvalue weighted by atomic mass is 9.96. The number of hydrogen-bond donors (Lipinski definition) is 1. The molecule has 0 saturated carbocycles. The number of benzene rings is 1. The number of nitrogens with zero attached hydrogens (tertiary/aromatic N) is 4. The van der Waals surface area contributed by atoms with Gasteiger partial charge in [0.1, 0.15) is 0 Å². The zero-order chi connectivity index (χ0) is 21.2. The minimum atomic E-state index is 0.222. The molecule has 1 saturated heterocycles. The van der Waals surface area contributed by atoms with Gasteiger partial charge in [0.15, 0.2) is 0 Å². The molecule has 0 aliphatic carbocycles. The summed E-state index contributed by atoms with van der Waals surface area (Å²) in [5, 5.41) is 12.4. The van der Waals surface area contributed by atoms with Gasteiger partial charge in [0.05, 0.1) is 42.2 Å². The fourth-order valence-electron chi connectivity index (χ4n) is 4.71. The number of fused-ring (bicyclic) bond motifs is 1. The molecule has 0 amide bonds. The Labute approximate surface area is 181 Å². The van der Waals surface area contributed by atoms with Crippen molar-refractivity contribution < 1.29 is 14.6 Å². The third-order valence-corrected chi connectivity index (χ3v) is 6.29. The molecule has 31 heavy (non-hydrogen) atoms. The molecule has 0 radical (unpaired) electrons. The second-order valence-corrected chi connectivity index (χ2v) is 8.38. The van der Waals surface area contributed by atoms with Crippen molar-refractivity contribution in [2.24, 2.45) is 4.99 Å². The van der Waals surface area contributed by atoms with E-state index in [9.17, 15) is 5.11 Å². The van der Waals surface area contributed by atoms with Crippen LogP contribution in [0.4, 0.5) is 0 Å². The van der Waals surface area contributed by atoms with Crippen LogP contribution < -0.4 is 0 Å². The quantitative estimate of drug-likeness (QED) is 0.681. The first-order valence-corrected chi connectivity index (χ1v) is 11.0. The topological polar surface area (TPSA) is 81.8 Å². The smallest absolute Gasteiger partial charge is 0.201 e. The van der Waals surface area contributed by atoms with Gasteiger partial charge in [-0.1, -0.05) is 13.0 Å². The van der Waals surface area contributed by atoms with Gasteiger partial charge in [-0.2, -0.15) is 0 Å². The van der Waals surface area contributed by atoms with E-state index in [2.05, 4.69) is 44.7 Å². The Bertz CT molecular complexity index is 1090. The van der Waals surface area contributed by atoms with Crippen molar-refractivity contribution in [3.8, 4) is 5.88 Å². The molecule has 5 rings (SSSR count). The van der Waals surface area contributed by atoms with E-state index in [0.29, 0.717) is 25.6 Å². The van der Waals surface area contributed by atoms with Crippen LogP contribution in [-0.2, 0) is 15.9 Å². The Morgan fingerprint density at radius 3 is 2.77 bits per heavy atom. The maximum atomic E-state index is 11.3. The highest BCUT2D eigenvalue weighted by molar-refractivity contribution is 6.14. The third-order valence-electron chi connectivity index (χ3n) is 6.29. The van der Waals surface area contributed by atoms with Crippen molar-refractivity contribution in [2.75, 3.05) is 33.0 Å². The Kier molecular flexibility index (Phi) is 5.70. The summed E-state index contributed by atoms with van der Waals surface area (Å²) < 4.78 is 13.3. The number of aliphatic imine (C=N–C) groups is 1. The minimum Gasteiger partial charge on any atom is -0.494 e. The highest BCUT2D eigenvalue weighted by atomic mass is 16.5. The second kappa shape index (κ2) is 8.77. The average Bonchev–Trinajstić information content (AvgIpc) is 3.11. The van der Waals surface area contributed by atoms with E-state index in [0.717, 1.165) is 60.3 Å². The number of aromatic hydroxyl groups is 1. The summed E-state index contributed by atoms with van der Waals surface area (Å²) in [7, 11) is 0. The molecule has 1 N–H and O–H groups in total. The molecule has 7 heteroatoms. The predicted octanol–water partition coefficient (Wildman–Crippen LogP) is 3.65. The average molecular weight is 421 g/mol. The lowest BCUT2D eigenvalue weighted by Gasteiger charge is -2.25. The van der Waals surface area contributed by atoms with Gasteiger partial charge in [-0.15, -0.1) is 0 Å². The van der Waals surface area contributed by atoms with Gasteiger partial charge in [-0.05, 0) is 37.0 Å². The molecule has 2 aliphatic rings. The van der Waals surface area contributed by atoms with Crippen LogP contribution in [-0.4, -0.2) is 58.3 Å². The largest absolute Gasteiger partial charge is 0.494 e. The van der Waals surface area contributed by atoms with Gasteiger partial charge in [0, 0.05) is 49.2 Å². The van der Waals surface area contributed by atoms with E-state index < -0.39 is 0 Å². The fraction of sp³-hybridized carbons (Fsp3) is 0.458. The van der Waals surface area contributed by atoms with Crippen LogP contribution in [0.25, 0.3) is 10.9 Å². The van der Waals surface area contributed by atoms with Gasteiger partial charge < -0.3 is 19.1 Å². The Hall–Kier alpha value is -2.77. The highest BCUT2D eigenvalue weighted by Gasteiger charge is 2.27. The molecule has 0 bridgehead atoms. The minimum absolute atomic E-state index is 0.222. The summed E-state index contributed by atoms with van der Waals surface area (Å²) >= 11 is 0. The summed E-state index contributed by atoms with van der Waals surface area (Å²) in [4.78, 5) is 13.3. The van der Waals surface area contributed by atoms with E-state index in [-0.39, 0.29) is 12.0 Å². The molecule has 1 atom stereocenters. The summed E-state index contributed by atoms with van der Waals surface area (Å²) in [6.07, 6.45) is 7.90. The Balaban J connectivity index is 1.58. The molecule has 0 spiro atoms. The van der Waals surface area contributed by atoms with Crippen molar-refractivity contribution in [3.05, 3.63) is 53.6 Å². The van der Waals surface area contributed by atoms with Crippen molar-refractivity contribution in [3.63, 3.8) is 0 Å². The van der Waals surface area contributed by atoms with E-state index in [4.69, 9.17) is 9.47 Å². The zero-order valence-electron chi connectivity index (χ0n) is 17.8. The maximum Gasteiger partial charge on any atom is 0.201 e. The van der Waals surface area contributed by atoms with Gasteiger partial charge >= 0.3 is 0 Å². The van der Waals surface area contributed by atoms with Crippen molar-refractivity contribution >= 4 is 16.6 Å². The fourth-order valence-corrected chi connectivity index (χ4v) is 4.71. The van der Waals surface area contributed by atoms with Crippen LogP contribution in [0.5, 0.6) is 5.88 Å². The molecule has 2 aromatic heterocycles. The molecular formula is C24H28N4O3. The second-order valence-electron chi connectivity index (χ2n) is 8.38. The number of rotatable bonds is 5. The molecular weight excluding hydrogens is 392 g/mol. The molecule has 162 valence electrons. The standard InChI is InChI=1S/C24H28N4O3/c1-16(20-14-25-6-7-26-20)12-17-2-3-22-19(13-17)23(21-15-31-11-8-27-21)24(29)28(22)18-4-9-30-10-5-18/h2-3,6-7,13-14,16,18,29H,4-5,8-12,15H2,1H3. The summed E-state index contributed by atoms with van der Waals surface area (Å²) in [6.45, 7) is 5.29. The van der Waals surface area contributed by atoms with Gasteiger partial charge in [0.25, 0.3) is 0 Å². The number of hydrogen-bond acceptors (Lipinski definition) is 6. The lowest BCUT2D eigenvalue weighted by Crippen LogP contribution is -2.20. The third kappa shape index (κ3) is 3.95. The molecule has 1 unspecified atom stereocenters. The van der Waals surface area contributed by atoms with E-state index in [1.165, 1.54) is 5.56 Å². The first-order valence-electron chi connectivity index (χ1n) is 11.0. The summed E-state index contributed by atoms with van der Waals surface area (Å²) in [5.74, 6) is 0.543. The highest BCUT2D eigenvalue weighted by Crippen LogP contribution is 2.39. The van der Waals surface area contributed by atoms with E-state index in [1.807, 2.05) is 6.20 Å². The molecule has 4 heterocycles. The first kappa shape index (κ1) is 20.2. The number of aromatic nitrogens is 3. The van der Waals surface area contributed by atoms with Crippen LogP contribution in [0.1, 0.15) is 48.5 Å². The van der Waals surface area contributed by atoms with Crippen LogP contribution in [0.15, 0.2) is 41.8 Å². The molecule has 3 aromatic rings. The van der Waals surface area contributed by atoms with E-state index in [1.54, 1.807) is 12.4 Å². The molecule has 1 fully saturated rings. The van der Waals surface area contributed by atoms with Crippen LogP contribution in [0.3, 0.4) is 0 Å². The predicted molar refractivity (Wildman–Crippen MR) is 119 cm³/mol. The molecule has 7 nitrogen and oxygen atoms in total. The lowest BCUT2D eigenvalue weighted by molar-refractivity contribution is 0.0688. The first-order chi connectivity index (χ1) is 15.2. The van der Waals surface area contributed by atoms with Crippen molar-refractivity contribution in [1.82, 2.24) is 14.5 Å². The van der Waals surface area contributed by atoms with Crippen LogP contribution >= 0.6 is 0 Å². The zero-order valence-corrected chi connectivity index (χ0v) is 17.8. The monoisotopic (exact) mass is 420 g/mol. The Morgan fingerprint density at radius 2 is 2.03 bits per heavy atom. The van der Waals surface area contributed by atoms with Crippen LogP contribution in [0, 0.1) is 0 Å². The SMILES string of the molecule is CC(Cc1ccc2c(c1)c(C1=NCCOC1)c(O)n2C1CCOCC1)c1cnccn1. The molecule has 1 aromatic carbocycles. The number of ether oxygens (including phenoxy) is 2. The summed E-state index contributed by atoms with van der Waals surface area (Å²) in [5.41, 5.74) is 4.88. The van der Waals surface area contributed by atoms with Gasteiger partial charge in [-0.25, -0.2) is 0 Å².